The molecule has 8 nitrogen and oxygen atoms in total. The molecule has 0 unspecified atom stereocenters. The number of aryl methyl sites for hydroxylation is 3. The molecular formula is C18H20N4O4S2. The maximum Gasteiger partial charge on any atom is 0.249 e. The van der Waals surface area contributed by atoms with E-state index in [2.05, 4.69) is 15.5 Å². The average molecular weight is 421 g/mol. The van der Waals surface area contributed by atoms with Crippen molar-refractivity contribution in [3.8, 4) is 0 Å². The first kappa shape index (κ1) is 19.0. The molecule has 0 bridgehead atoms. The number of aromatic nitrogens is 2. The summed E-state index contributed by atoms with van der Waals surface area (Å²) in [4.78, 5) is 17.3. The molecule has 0 saturated carbocycles. The predicted molar refractivity (Wildman–Crippen MR) is 106 cm³/mol. The lowest BCUT2D eigenvalue weighted by atomic mass is 10.2. The van der Waals surface area contributed by atoms with Crippen molar-refractivity contribution in [1.82, 2.24) is 14.4 Å². The molecule has 3 heterocycles. The average Bonchev–Trinajstić information content (AvgIpc) is 3.32. The summed E-state index contributed by atoms with van der Waals surface area (Å²) in [5.41, 5.74) is 1.81. The molecule has 0 aliphatic carbocycles. The van der Waals surface area contributed by atoms with Crippen LogP contribution in [0, 0.1) is 20.8 Å². The number of sulfonamides is 1. The van der Waals surface area contributed by atoms with Crippen LogP contribution in [0.4, 0.5) is 5.69 Å². The highest BCUT2D eigenvalue weighted by molar-refractivity contribution is 7.89. The van der Waals surface area contributed by atoms with Crippen LogP contribution in [0.1, 0.15) is 29.3 Å². The molecule has 1 fully saturated rings. The third-order valence-electron chi connectivity index (χ3n) is 4.80. The Morgan fingerprint density at radius 3 is 2.82 bits per heavy atom. The van der Waals surface area contributed by atoms with Crippen LogP contribution in [0.3, 0.4) is 0 Å². The fourth-order valence-electron chi connectivity index (χ4n) is 3.59. The number of hydrogen-bond acceptors (Lipinski definition) is 7. The van der Waals surface area contributed by atoms with Gasteiger partial charge in [0.15, 0.2) is 5.76 Å². The van der Waals surface area contributed by atoms with Gasteiger partial charge in [0, 0.05) is 12.2 Å². The Kier molecular flexibility index (Phi) is 4.72. The second-order valence-corrected chi connectivity index (χ2v) is 9.89. The number of rotatable bonds is 4. The van der Waals surface area contributed by atoms with E-state index in [4.69, 9.17) is 4.52 Å². The van der Waals surface area contributed by atoms with Gasteiger partial charge >= 0.3 is 0 Å². The van der Waals surface area contributed by atoms with Crippen LogP contribution >= 0.6 is 11.3 Å². The van der Waals surface area contributed by atoms with Crippen LogP contribution in [0.25, 0.3) is 10.2 Å². The van der Waals surface area contributed by atoms with Gasteiger partial charge in [-0.3, -0.25) is 4.79 Å². The van der Waals surface area contributed by atoms with Crippen molar-refractivity contribution >= 4 is 43.2 Å². The molecule has 0 spiro atoms. The summed E-state index contributed by atoms with van der Waals surface area (Å²) >= 11 is 1.55. The maximum atomic E-state index is 13.1. The Hall–Kier alpha value is -2.30. The zero-order valence-corrected chi connectivity index (χ0v) is 17.4. The van der Waals surface area contributed by atoms with Gasteiger partial charge < -0.3 is 9.84 Å². The van der Waals surface area contributed by atoms with Gasteiger partial charge in [-0.1, -0.05) is 5.16 Å². The van der Waals surface area contributed by atoms with E-state index in [9.17, 15) is 13.2 Å². The molecule has 10 heteroatoms. The van der Waals surface area contributed by atoms with Crippen molar-refractivity contribution in [2.75, 3.05) is 11.9 Å². The number of benzene rings is 1. The summed E-state index contributed by atoms with van der Waals surface area (Å²) in [7, 11) is -3.87. The number of amides is 1. The van der Waals surface area contributed by atoms with Crippen molar-refractivity contribution in [3.05, 3.63) is 34.7 Å². The molecule has 1 aromatic carbocycles. The molecule has 1 aliphatic rings. The number of anilines is 1. The van der Waals surface area contributed by atoms with E-state index in [1.54, 1.807) is 31.3 Å². The summed E-state index contributed by atoms with van der Waals surface area (Å²) in [6, 6.07) is 4.72. The number of carbonyl (C=O) groups excluding carboxylic acids is 1. The quantitative estimate of drug-likeness (QED) is 0.696. The second kappa shape index (κ2) is 6.94. The monoisotopic (exact) mass is 420 g/mol. The normalized spacial score (nSPS) is 18.0. The summed E-state index contributed by atoms with van der Waals surface area (Å²) < 4.78 is 33.5. The second-order valence-electron chi connectivity index (χ2n) is 6.83. The summed E-state index contributed by atoms with van der Waals surface area (Å²) in [5.74, 6) is -0.108. The lowest BCUT2D eigenvalue weighted by Gasteiger charge is -2.23. The van der Waals surface area contributed by atoms with Crippen molar-refractivity contribution in [3.63, 3.8) is 0 Å². The van der Waals surface area contributed by atoms with Crippen LogP contribution in [-0.4, -0.2) is 41.4 Å². The minimum Gasteiger partial charge on any atom is -0.360 e. The Bertz CT molecular complexity index is 1150. The van der Waals surface area contributed by atoms with Crippen LogP contribution < -0.4 is 5.32 Å². The highest BCUT2D eigenvalue weighted by Crippen LogP contribution is 2.31. The zero-order valence-electron chi connectivity index (χ0n) is 15.7. The molecule has 0 radical (unpaired) electrons. The molecule has 1 N–H and O–H groups in total. The molecule has 1 saturated heterocycles. The number of nitrogens with one attached hydrogen (secondary N) is 1. The van der Waals surface area contributed by atoms with Crippen LogP contribution in [-0.2, 0) is 14.8 Å². The Balaban J connectivity index is 1.59. The van der Waals surface area contributed by atoms with E-state index in [1.165, 1.54) is 4.31 Å². The molecule has 1 atom stereocenters. The third-order valence-corrected chi connectivity index (χ3v) is 7.89. The highest BCUT2D eigenvalue weighted by atomic mass is 32.2. The van der Waals surface area contributed by atoms with E-state index in [1.807, 2.05) is 19.1 Å². The minimum atomic E-state index is -3.87. The van der Waals surface area contributed by atoms with Gasteiger partial charge in [-0.2, -0.15) is 4.31 Å². The lowest BCUT2D eigenvalue weighted by Crippen LogP contribution is -2.43. The van der Waals surface area contributed by atoms with Gasteiger partial charge in [0.2, 0.25) is 15.9 Å². The van der Waals surface area contributed by atoms with Gasteiger partial charge in [-0.25, -0.2) is 13.4 Å². The van der Waals surface area contributed by atoms with Crippen LogP contribution in [0.15, 0.2) is 27.6 Å². The maximum absolute atomic E-state index is 13.1. The molecule has 1 aliphatic heterocycles. The van der Waals surface area contributed by atoms with Crippen LogP contribution in [0.5, 0.6) is 0 Å². The third kappa shape index (κ3) is 3.21. The largest absolute Gasteiger partial charge is 0.360 e. The Labute approximate surface area is 166 Å². The Morgan fingerprint density at radius 1 is 1.32 bits per heavy atom. The van der Waals surface area contributed by atoms with Crippen molar-refractivity contribution in [2.45, 2.75) is 44.6 Å². The van der Waals surface area contributed by atoms with Gasteiger partial charge in [0.05, 0.1) is 15.2 Å². The fraction of sp³-hybridized carbons (Fsp3) is 0.389. The minimum absolute atomic E-state index is 0.0498. The zero-order chi connectivity index (χ0) is 20.1. The first-order valence-corrected chi connectivity index (χ1v) is 11.2. The van der Waals surface area contributed by atoms with E-state index >= 15 is 0 Å². The number of carbonyl (C=O) groups is 1. The van der Waals surface area contributed by atoms with E-state index < -0.39 is 16.1 Å². The first-order valence-electron chi connectivity index (χ1n) is 8.90. The molecule has 28 heavy (non-hydrogen) atoms. The van der Waals surface area contributed by atoms with E-state index in [0.29, 0.717) is 24.2 Å². The van der Waals surface area contributed by atoms with Gasteiger partial charge in [0.25, 0.3) is 0 Å². The lowest BCUT2D eigenvalue weighted by molar-refractivity contribution is -0.119. The van der Waals surface area contributed by atoms with E-state index in [-0.39, 0.29) is 23.1 Å². The summed E-state index contributed by atoms with van der Waals surface area (Å²) in [6.07, 6.45) is 1.09. The van der Waals surface area contributed by atoms with Crippen molar-refractivity contribution in [2.24, 2.45) is 0 Å². The van der Waals surface area contributed by atoms with Gasteiger partial charge in [-0.05, 0) is 51.8 Å². The number of fused-ring (bicyclic) bond motifs is 1. The molecule has 3 aromatic rings. The number of nitrogens with zero attached hydrogens (tertiary/aromatic N) is 3. The summed E-state index contributed by atoms with van der Waals surface area (Å²) in [6.45, 7) is 5.36. The molecular weight excluding hydrogens is 400 g/mol. The number of hydrogen-bond donors (Lipinski definition) is 1. The Morgan fingerprint density at radius 2 is 2.11 bits per heavy atom. The molecule has 2 aromatic heterocycles. The number of thiazole rings is 1. The van der Waals surface area contributed by atoms with Gasteiger partial charge in [-0.15, -0.1) is 11.3 Å². The van der Waals surface area contributed by atoms with Crippen LogP contribution in [0.2, 0.25) is 0 Å². The topological polar surface area (TPSA) is 105 Å². The molecule has 1 amide bonds. The fourth-order valence-corrected chi connectivity index (χ4v) is 6.41. The van der Waals surface area contributed by atoms with Gasteiger partial charge in [0.1, 0.15) is 16.6 Å². The SMILES string of the molecule is Cc1nc2ccc(NC(=O)[C@@H]3CCCN3S(=O)(=O)c3c(C)noc3C)cc2s1. The predicted octanol–water partition coefficient (Wildman–Crippen LogP) is 3.00. The molecule has 148 valence electrons. The first-order chi connectivity index (χ1) is 13.3. The summed E-state index contributed by atoms with van der Waals surface area (Å²) in [5, 5.41) is 7.54. The van der Waals surface area contributed by atoms with Crippen molar-refractivity contribution < 1.29 is 17.7 Å². The van der Waals surface area contributed by atoms with E-state index in [0.717, 1.165) is 15.2 Å². The molecule has 4 rings (SSSR count). The highest BCUT2D eigenvalue weighted by Gasteiger charge is 2.41. The van der Waals surface area contributed by atoms with Crippen molar-refractivity contribution in [1.29, 1.82) is 0 Å². The standard InChI is InChI=1S/C18H20N4O4S2/c1-10-17(11(2)26-21-10)28(24,25)22-8-4-5-15(22)18(23)20-13-6-7-14-16(9-13)27-12(3)19-14/h6-7,9,15H,4-5,8H2,1-3H3,(H,20,23)/t15-/m0/s1. The smallest absolute Gasteiger partial charge is 0.249 e.